The van der Waals surface area contributed by atoms with Crippen molar-refractivity contribution in [1.82, 2.24) is 0 Å². The first-order valence-corrected chi connectivity index (χ1v) is 10.7. The molecule has 0 amide bonds. The van der Waals surface area contributed by atoms with Gasteiger partial charge in [0.05, 0.1) is 99.1 Å². The Balaban J connectivity index is -0.00000420. The van der Waals surface area contributed by atoms with Gasteiger partial charge in [0.15, 0.2) is 0 Å². The van der Waals surface area contributed by atoms with Crippen LogP contribution in [0.3, 0.4) is 0 Å². The Morgan fingerprint density at radius 1 is 0.438 bits per heavy atom. The van der Waals surface area contributed by atoms with E-state index in [1.165, 1.54) is 0 Å². The van der Waals surface area contributed by atoms with Crippen LogP contribution in [0.25, 0.3) is 0 Å². The first-order chi connectivity index (χ1) is 14.7. The Labute approximate surface area is 221 Å². The molecule has 0 bridgehead atoms. The second-order valence-corrected chi connectivity index (χ2v) is 6.83. The average Bonchev–Trinajstić information content (AvgIpc) is 2.76. The second-order valence-electron chi connectivity index (χ2n) is 6.83. The second kappa shape index (κ2) is 29.8. The fourth-order valence-corrected chi connectivity index (χ4v) is 2.38. The zero-order valence-corrected chi connectivity index (χ0v) is 23.9. The normalized spacial score (nSPS) is 11.2. The minimum atomic E-state index is -0.231. The van der Waals surface area contributed by atoms with E-state index in [-0.39, 0.29) is 45.6 Å². The van der Waals surface area contributed by atoms with E-state index in [1.807, 2.05) is 0 Å². The molecule has 0 aromatic rings. The smallest absolute Gasteiger partial charge is 0.0701 e. The summed E-state index contributed by atoms with van der Waals surface area (Å²) < 4.78 is 48.8. The van der Waals surface area contributed by atoms with Gasteiger partial charge in [0, 0.05) is 59.5 Å². The van der Waals surface area contributed by atoms with Crippen molar-refractivity contribution in [2.75, 3.05) is 120 Å². The molecular formula is C22H47O9Y-. The van der Waals surface area contributed by atoms with Gasteiger partial charge in [-0.15, -0.1) is 0 Å². The van der Waals surface area contributed by atoms with Crippen molar-refractivity contribution in [3.63, 3.8) is 0 Å². The fourth-order valence-electron chi connectivity index (χ4n) is 2.38. The van der Waals surface area contributed by atoms with E-state index in [9.17, 15) is 0 Å². The Morgan fingerprint density at radius 2 is 0.688 bits per heavy atom. The SMILES string of the molecule is CCC(COCCOCCOC)(COCCOCCOC)COCCOCCOC.[CH3-].[Y]. The van der Waals surface area contributed by atoms with E-state index in [1.54, 1.807) is 21.3 Å². The van der Waals surface area contributed by atoms with Crippen molar-refractivity contribution in [3.05, 3.63) is 7.43 Å². The van der Waals surface area contributed by atoms with Crippen molar-refractivity contribution in [3.8, 4) is 0 Å². The third-order valence-corrected chi connectivity index (χ3v) is 4.39. The molecule has 0 saturated heterocycles. The van der Waals surface area contributed by atoms with Crippen LogP contribution in [0.15, 0.2) is 0 Å². The molecule has 0 aliphatic rings. The van der Waals surface area contributed by atoms with Gasteiger partial charge in [-0.1, -0.05) is 6.92 Å². The van der Waals surface area contributed by atoms with Gasteiger partial charge < -0.3 is 50.1 Å². The molecule has 193 valence electrons. The van der Waals surface area contributed by atoms with Crippen LogP contribution in [-0.4, -0.2) is 120 Å². The minimum absolute atomic E-state index is 0. The number of hydrogen-bond acceptors (Lipinski definition) is 9. The van der Waals surface area contributed by atoms with Crippen LogP contribution < -0.4 is 0 Å². The van der Waals surface area contributed by atoms with Crippen molar-refractivity contribution >= 4 is 0 Å². The maximum absolute atomic E-state index is 5.87. The molecule has 0 unspecified atom stereocenters. The van der Waals surface area contributed by atoms with Gasteiger partial charge in [-0.2, -0.15) is 0 Å². The molecule has 0 aromatic heterocycles. The molecule has 1 radical (unpaired) electrons. The first-order valence-electron chi connectivity index (χ1n) is 10.7. The molecule has 0 fully saturated rings. The molecule has 0 spiro atoms. The summed E-state index contributed by atoms with van der Waals surface area (Å²) in [7, 11) is 4.96. The van der Waals surface area contributed by atoms with Gasteiger partial charge in [-0.05, 0) is 6.42 Å². The molecule has 0 aromatic carbocycles. The van der Waals surface area contributed by atoms with E-state index >= 15 is 0 Å². The van der Waals surface area contributed by atoms with E-state index in [2.05, 4.69) is 6.92 Å². The van der Waals surface area contributed by atoms with Gasteiger partial charge in [0.25, 0.3) is 0 Å². The zero-order chi connectivity index (χ0) is 22.2. The molecule has 0 N–H and O–H groups in total. The van der Waals surface area contributed by atoms with Crippen LogP contribution >= 0.6 is 0 Å². The van der Waals surface area contributed by atoms with Gasteiger partial charge in [-0.3, -0.25) is 0 Å². The molecule has 10 heteroatoms. The Bertz CT molecular complexity index is 293. The molecular weight excluding hydrogens is 497 g/mol. The summed E-state index contributed by atoms with van der Waals surface area (Å²) in [5.74, 6) is 0. The van der Waals surface area contributed by atoms with Crippen molar-refractivity contribution in [2.24, 2.45) is 5.41 Å². The summed E-state index contributed by atoms with van der Waals surface area (Å²) >= 11 is 0. The summed E-state index contributed by atoms with van der Waals surface area (Å²) in [5, 5.41) is 0. The molecule has 0 saturated carbocycles. The standard InChI is InChI=1S/C21H44O9.CH3.Y/c1-5-21(18-28-15-12-25-9-6-22-2,19-29-16-13-26-10-7-23-3)20-30-17-14-27-11-8-24-4;;/h5-20H2,1-4H3;1H3;/q;-1;. The van der Waals surface area contributed by atoms with E-state index < -0.39 is 0 Å². The largest absolute Gasteiger partial charge is 0.382 e. The average molecular weight is 545 g/mol. The third-order valence-electron chi connectivity index (χ3n) is 4.39. The molecule has 0 aliphatic heterocycles. The molecule has 32 heavy (non-hydrogen) atoms. The molecule has 0 aliphatic carbocycles. The summed E-state index contributed by atoms with van der Waals surface area (Å²) in [5.41, 5.74) is -0.231. The summed E-state index contributed by atoms with van der Waals surface area (Å²) in [6, 6.07) is 0. The Hall–Kier alpha value is 0.744. The monoisotopic (exact) mass is 544 g/mol. The van der Waals surface area contributed by atoms with Crippen LogP contribution in [0.2, 0.25) is 0 Å². The Kier molecular flexibility index (Phi) is 34.7. The quantitative estimate of drug-likeness (QED) is 0.126. The van der Waals surface area contributed by atoms with Crippen molar-refractivity contribution in [1.29, 1.82) is 0 Å². The summed E-state index contributed by atoms with van der Waals surface area (Å²) in [6.45, 7) is 10.3. The van der Waals surface area contributed by atoms with Crippen molar-refractivity contribution in [2.45, 2.75) is 13.3 Å². The number of hydrogen-bond donors (Lipinski definition) is 0. The van der Waals surface area contributed by atoms with Gasteiger partial charge >= 0.3 is 0 Å². The van der Waals surface area contributed by atoms with E-state index in [0.717, 1.165) is 6.42 Å². The van der Waals surface area contributed by atoms with Crippen molar-refractivity contribution < 1.29 is 75.3 Å². The predicted octanol–water partition coefficient (Wildman–Crippen LogP) is 1.87. The van der Waals surface area contributed by atoms with Gasteiger partial charge in [-0.25, -0.2) is 0 Å². The van der Waals surface area contributed by atoms with Crippen LogP contribution in [0, 0.1) is 12.8 Å². The van der Waals surface area contributed by atoms with E-state index in [0.29, 0.717) is 99.1 Å². The van der Waals surface area contributed by atoms with Gasteiger partial charge in [0.2, 0.25) is 0 Å². The zero-order valence-electron chi connectivity index (χ0n) is 21.1. The fraction of sp³-hybridized carbons (Fsp3) is 0.955. The Morgan fingerprint density at radius 3 is 0.938 bits per heavy atom. The van der Waals surface area contributed by atoms with E-state index in [4.69, 9.17) is 42.6 Å². The first kappa shape index (κ1) is 37.3. The van der Waals surface area contributed by atoms with Crippen LogP contribution in [0.1, 0.15) is 13.3 Å². The van der Waals surface area contributed by atoms with Crippen LogP contribution in [0.4, 0.5) is 0 Å². The number of rotatable bonds is 25. The molecule has 0 heterocycles. The number of methoxy groups -OCH3 is 3. The summed E-state index contributed by atoms with van der Waals surface area (Å²) in [6.07, 6.45) is 0.868. The molecule has 9 nitrogen and oxygen atoms in total. The molecule has 0 rings (SSSR count). The maximum Gasteiger partial charge on any atom is 0.0701 e. The van der Waals surface area contributed by atoms with Gasteiger partial charge in [0.1, 0.15) is 0 Å². The summed E-state index contributed by atoms with van der Waals surface area (Å²) in [4.78, 5) is 0. The minimum Gasteiger partial charge on any atom is -0.382 e. The predicted molar refractivity (Wildman–Crippen MR) is 120 cm³/mol. The third kappa shape index (κ3) is 23.9. The van der Waals surface area contributed by atoms with Crippen LogP contribution in [-0.2, 0) is 75.3 Å². The van der Waals surface area contributed by atoms with Crippen LogP contribution in [0.5, 0.6) is 0 Å². The molecule has 0 atom stereocenters. The maximum atomic E-state index is 5.87. The topological polar surface area (TPSA) is 83.1 Å². The number of ether oxygens (including phenoxy) is 9.